The van der Waals surface area contributed by atoms with Gasteiger partial charge in [-0.25, -0.2) is 4.98 Å². The van der Waals surface area contributed by atoms with Crippen LogP contribution in [0.1, 0.15) is 35.7 Å². The number of rotatable bonds is 10. The Morgan fingerprint density at radius 2 is 1.85 bits per heavy atom. The lowest BCUT2D eigenvalue weighted by atomic mass is 10.2. The Kier molecular flexibility index (Phi) is 8.18. The second-order valence-corrected chi connectivity index (χ2v) is 7.93. The maximum absolute atomic E-state index is 12.8. The van der Waals surface area contributed by atoms with Gasteiger partial charge in [-0.2, -0.15) is 15.0 Å². The molecule has 0 atom stereocenters. The molecule has 11 heteroatoms. The van der Waals surface area contributed by atoms with Crippen LogP contribution in [-0.2, 0) is 7.05 Å². The van der Waals surface area contributed by atoms with E-state index in [1.165, 1.54) is 6.20 Å². The Balaban J connectivity index is 1.70. The van der Waals surface area contributed by atoms with Crippen LogP contribution in [0.4, 0.5) is 23.5 Å². The third-order valence-electron chi connectivity index (χ3n) is 5.26. The monoisotopic (exact) mass is 471 g/mol. The van der Waals surface area contributed by atoms with Crippen LogP contribution in [-0.4, -0.2) is 61.5 Å². The summed E-state index contributed by atoms with van der Waals surface area (Å²) < 4.78 is 1.63. The average molecular weight is 472 g/mol. The van der Waals surface area contributed by atoms with Gasteiger partial charge in [-0.15, -0.1) is 0 Å². The molecule has 0 spiro atoms. The third kappa shape index (κ3) is 6.17. The highest BCUT2D eigenvalue weighted by atomic mass is 35.5. The lowest BCUT2D eigenvalue weighted by Gasteiger charge is -2.18. The van der Waals surface area contributed by atoms with Crippen molar-refractivity contribution < 1.29 is 4.79 Å². The summed E-state index contributed by atoms with van der Waals surface area (Å²) in [5.41, 5.74) is 1.81. The summed E-state index contributed by atoms with van der Waals surface area (Å²) in [5, 5.41) is 9.64. The molecular weight excluding hydrogens is 442 g/mol. The number of halogens is 1. The van der Waals surface area contributed by atoms with E-state index in [0.717, 1.165) is 31.7 Å². The minimum absolute atomic E-state index is 0.320. The van der Waals surface area contributed by atoms with E-state index in [2.05, 4.69) is 54.6 Å². The smallest absolute Gasteiger partial charge is 0.274 e. The number of nitrogens with one attached hydrogen (secondary N) is 3. The fourth-order valence-electron chi connectivity index (χ4n) is 3.29. The maximum Gasteiger partial charge on any atom is 0.274 e. The predicted molar refractivity (Wildman–Crippen MR) is 131 cm³/mol. The fourth-order valence-corrected chi connectivity index (χ4v) is 3.56. The van der Waals surface area contributed by atoms with Gasteiger partial charge in [0, 0.05) is 20.1 Å². The number of amides is 1. The number of aryl methyl sites for hydroxylation is 2. The number of imidazole rings is 1. The molecule has 3 aromatic rings. The molecule has 0 aliphatic heterocycles. The van der Waals surface area contributed by atoms with Gasteiger partial charge in [0.1, 0.15) is 11.5 Å². The Morgan fingerprint density at radius 1 is 1.12 bits per heavy atom. The van der Waals surface area contributed by atoms with E-state index in [1.807, 2.05) is 19.1 Å². The van der Waals surface area contributed by atoms with E-state index >= 15 is 0 Å². The van der Waals surface area contributed by atoms with Crippen LogP contribution in [0, 0.1) is 13.8 Å². The summed E-state index contributed by atoms with van der Waals surface area (Å²) in [7, 11) is 1.74. The van der Waals surface area contributed by atoms with Gasteiger partial charge in [-0.05, 0) is 38.6 Å². The van der Waals surface area contributed by atoms with Gasteiger partial charge in [0.25, 0.3) is 5.91 Å². The van der Waals surface area contributed by atoms with Crippen LogP contribution in [0.2, 0.25) is 5.02 Å². The standard InChI is InChI=1S/C22H30ClN9O/c1-6-32(7-2)12-11-24-20-26-15(4)27-21(29-20)30-22-25-13-17(31(22)5)19(33)28-18-14(3)9-8-10-16(18)23/h8-10,13H,6-7,11-12H2,1-5H3,(H,28,33)(H2,24,25,26,27,29,30). The Bertz CT molecular complexity index is 1090. The van der Waals surface area contributed by atoms with E-state index in [-0.39, 0.29) is 5.91 Å². The highest BCUT2D eigenvalue weighted by Gasteiger charge is 2.17. The number of likely N-dealkylation sites (N-methyl/N-ethyl adjacent to an activating group) is 1. The molecule has 0 aliphatic rings. The first kappa shape index (κ1) is 24.4. The third-order valence-corrected chi connectivity index (χ3v) is 5.57. The van der Waals surface area contributed by atoms with Crippen molar-refractivity contribution in [2.75, 3.05) is 42.1 Å². The second kappa shape index (κ2) is 11.1. The Hall–Kier alpha value is -3.24. The predicted octanol–water partition coefficient (Wildman–Crippen LogP) is 3.62. The summed E-state index contributed by atoms with van der Waals surface area (Å²) in [6, 6.07) is 5.45. The highest BCUT2D eigenvalue weighted by Crippen LogP contribution is 2.26. The summed E-state index contributed by atoms with van der Waals surface area (Å²) >= 11 is 6.23. The lowest BCUT2D eigenvalue weighted by Crippen LogP contribution is -2.29. The maximum atomic E-state index is 12.8. The quantitative estimate of drug-likeness (QED) is 0.411. The molecule has 10 nitrogen and oxygen atoms in total. The van der Waals surface area contributed by atoms with Crippen LogP contribution in [0.15, 0.2) is 24.4 Å². The molecule has 2 aromatic heterocycles. The number of hydrogen-bond acceptors (Lipinski definition) is 8. The lowest BCUT2D eigenvalue weighted by molar-refractivity contribution is 0.101. The molecule has 0 bridgehead atoms. The average Bonchev–Trinajstić information content (AvgIpc) is 3.13. The van der Waals surface area contributed by atoms with Crippen molar-refractivity contribution in [2.24, 2.45) is 7.05 Å². The van der Waals surface area contributed by atoms with E-state index in [0.29, 0.717) is 40.1 Å². The molecule has 0 fully saturated rings. The van der Waals surface area contributed by atoms with Crippen LogP contribution in [0.25, 0.3) is 0 Å². The summed E-state index contributed by atoms with van der Waals surface area (Å²) in [5.74, 6) is 1.50. The van der Waals surface area contributed by atoms with Crippen molar-refractivity contribution >= 4 is 41.0 Å². The number of benzene rings is 1. The molecule has 0 unspecified atom stereocenters. The SMILES string of the molecule is CCN(CC)CCNc1nc(C)nc(Nc2ncc(C(=O)Nc3c(C)cccc3Cl)n2C)n1. The van der Waals surface area contributed by atoms with E-state index in [4.69, 9.17) is 11.6 Å². The molecule has 33 heavy (non-hydrogen) atoms. The van der Waals surface area contributed by atoms with Crippen molar-refractivity contribution in [1.29, 1.82) is 0 Å². The molecule has 1 aromatic carbocycles. The number of carbonyl (C=O) groups excluding carboxylic acids is 1. The van der Waals surface area contributed by atoms with Crippen molar-refractivity contribution in [2.45, 2.75) is 27.7 Å². The highest BCUT2D eigenvalue weighted by molar-refractivity contribution is 6.34. The number of carbonyl (C=O) groups is 1. The van der Waals surface area contributed by atoms with Gasteiger partial charge in [0.05, 0.1) is 16.9 Å². The minimum atomic E-state index is -0.320. The van der Waals surface area contributed by atoms with Crippen molar-refractivity contribution in [3.8, 4) is 0 Å². The molecule has 176 valence electrons. The van der Waals surface area contributed by atoms with E-state index < -0.39 is 0 Å². The van der Waals surface area contributed by atoms with E-state index in [9.17, 15) is 4.79 Å². The van der Waals surface area contributed by atoms with Crippen molar-refractivity contribution in [1.82, 2.24) is 29.4 Å². The summed E-state index contributed by atoms with van der Waals surface area (Å²) in [6.07, 6.45) is 1.49. The largest absolute Gasteiger partial charge is 0.353 e. The molecule has 3 N–H and O–H groups in total. The van der Waals surface area contributed by atoms with Crippen LogP contribution < -0.4 is 16.0 Å². The molecule has 2 heterocycles. The molecule has 0 saturated heterocycles. The second-order valence-electron chi connectivity index (χ2n) is 7.52. The first-order chi connectivity index (χ1) is 15.8. The zero-order valence-electron chi connectivity index (χ0n) is 19.6. The fraction of sp³-hybridized carbons (Fsp3) is 0.409. The van der Waals surface area contributed by atoms with Crippen LogP contribution >= 0.6 is 11.6 Å². The van der Waals surface area contributed by atoms with Gasteiger partial charge in [0.2, 0.25) is 17.8 Å². The van der Waals surface area contributed by atoms with Crippen LogP contribution in [0.5, 0.6) is 0 Å². The van der Waals surface area contributed by atoms with Crippen molar-refractivity contribution in [3.63, 3.8) is 0 Å². The zero-order chi connectivity index (χ0) is 24.0. The zero-order valence-corrected chi connectivity index (χ0v) is 20.4. The van der Waals surface area contributed by atoms with Gasteiger partial charge in [-0.3, -0.25) is 10.1 Å². The van der Waals surface area contributed by atoms with Gasteiger partial charge >= 0.3 is 0 Å². The van der Waals surface area contributed by atoms with Crippen LogP contribution in [0.3, 0.4) is 0 Å². The van der Waals surface area contributed by atoms with Gasteiger partial charge < -0.3 is 20.1 Å². The van der Waals surface area contributed by atoms with Gasteiger partial charge in [-0.1, -0.05) is 37.6 Å². The number of para-hydroxylation sites is 1. The minimum Gasteiger partial charge on any atom is -0.353 e. The first-order valence-corrected chi connectivity index (χ1v) is 11.2. The molecule has 3 rings (SSSR count). The number of aromatic nitrogens is 5. The molecule has 1 amide bonds. The number of nitrogens with zero attached hydrogens (tertiary/aromatic N) is 6. The number of hydrogen-bond donors (Lipinski definition) is 3. The van der Waals surface area contributed by atoms with Gasteiger partial charge in [0.15, 0.2) is 0 Å². The Labute approximate surface area is 198 Å². The topological polar surface area (TPSA) is 113 Å². The molecule has 0 saturated carbocycles. The van der Waals surface area contributed by atoms with Crippen molar-refractivity contribution in [3.05, 3.63) is 46.5 Å². The molecule has 0 radical (unpaired) electrons. The molecule has 0 aliphatic carbocycles. The first-order valence-electron chi connectivity index (χ1n) is 10.9. The number of anilines is 4. The summed E-state index contributed by atoms with van der Waals surface area (Å²) in [6.45, 7) is 11.5. The molecular formula is C22H30ClN9O. The summed E-state index contributed by atoms with van der Waals surface area (Å²) in [4.78, 5) is 32.6. The normalized spacial score (nSPS) is 11.0. The Morgan fingerprint density at radius 3 is 2.55 bits per heavy atom. The van der Waals surface area contributed by atoms with E-state index in [1.54, 1.807) is 24.6 Å².